The Bertz CT molecular complexity index is 1140. The van der Waals surface area contributed by atoms with E-state index < -0.39 is 0 Å². The number of nitrogens with zero attached hydrogens (tertiary/aromatic N) is 1. The van der Waals surface area contributed by atoms with E-state index in [1.54, 1.807) is 11.3 Å². The third-order valence-corrected chi connectivity index (χ3v) is 6.86. The molecule has 1 aromatic carbocycles. The van der Waals surface area contributed by atoms with Crippen molar-refractivity contribution < 1.29 is 4.79 Å². The summed E-state index contributed by atoms with van der Waals surface area (Å²) >= 11 is 3.08. The van der Waals surface area contributed by atoms with E-state index in [1.165, 1.54) is 28.6 Å². The minimum absolute atomic E-state index is 0.0503. The first-order chi connectivity index (χ1) is 14.2. The fourth-order valence-corrected chi connectivity index (χ4v) is 5.38. The molecule has 0 bridgehead atoms. The fraction of sp³-hybridized carbons (Fsp3) is 0.318. The van der Waals surface area contributed by atoms with Crippen molar-refractivity contribution >= 4 is 39.2 Å². The van der Waals surface area contributed by atoms with Crippen LogP contribution in [0.25, 0.3) is 10.2 Å². The maximum absolute atomic E-state index is 12.5. The van der Waals surface area contributed by atoms with Gasteiger partial charge in [-0.25, -0.2) is 4.98 Å². The largest absolute Gasteiger partial charge is 0.344 e. The number of nitrogens with one attached hydrogen (secondary N) is 2. The zero-order valence-corrected chi connectivity index (χ0v) is 17.5. The molecule has 29 heavy (non-hydrogen) atoms. The Balaban J connectivity index is 1.29. The maximum atomic E-state index is 12.5. The van der Waals surface area contributed by atoms with Gasteiger partial charge in [-0.3, -0.25) is 9.59 Å². The molecule has 2 aromatic heterocycles. The zero-order valence-electron chi connectivity index (χ0n) is 15.9. The van der Waals surface area contributed by atoms with Crippen LogP contribution < -0.4 is 10.9 Å². The number of carbonyl (C=O) groups excluding carboxylic acids is 1. The van der Waals surface area contributed by atoms with Gasteiger partial charge in [-0.15, -0.1) is 23.1 Å². The molecule has 0 aliphatic heterocycles. The molecule has 0 unspecified atom stereocenters. The molecule has 2 N–H and O–H groups in total. The summed E-state index contributed by atoms with van der Waals surface area (Å²) in [5.41, 5.74) is 2.07. The lowest BCUT2D eigenvalue weighted by atomic mass is 9.97. The summed E-state index contributed by atoms with van der Waals surface area (Å²) in [5, 5.41) is 3.56. The van der Waals surface area contributed by atoms with Gasteiger partial charge in [-0.1, -0.05) is 30.0 Å². The highest BCUT2D eigenvalue weighted by molar-refractivity contribution is 7.99. The van der Waals surface area contributed by atoms with Crippen LogP contribution in [-0.2, 0) is 23.4 Å². The van der Waals surface area contributed by atoms with Gasteiger partial charge in [-0.05, 0) is 43.4 Å². The summed E-state index contributed by atoms with van der Waals surface area (Å²) in [6, 6.07) is 9.66. The maximum Gasteiger partial charge on any atom is 0.259 e. The molecule has 1 aliphatic rings. The van der Waals surface area contributed by atoms with Crippen LogP contribution in [0.3, 0.4) is 0 Å². The number of carbonyl (C=O) groups is 1. The fourth-order valence-electron chi connectivity index (χ4n) is 3.38. The van der Waals surface area contributed by atoms with Crippen molar-refractivity contribution in [1.29, 1.82) is 0 Å². The average Bonchev–Trinajstić information content (AvgIpc) is 3.11. The molecule has 1 amide bonds. The van der Waals surface area contributed by atoms with Crippen LogP contribution in [0, 0.1) is 11.8 Å². The minimum Gasteiger partial charge on any atom is -0.344 e. The first kappa shape index (κ1) is 19.7. The number of aryl methyl sites for hydroxylation is 2. The van der Waals surface area contributed by atoms with Crippen LogP contribution in [0.15, 0.2) is 35.1 Å². The van der Waals surface area contributed by atoms with Crippen molar-refractivity contribution in [2.24, 2.45) is 0 Å². The van der Waals surface area contributed by atoms with Crippen molar-refractivity contribution in [2.75, 3.05) is 12.3 Å². The van der Waals surface area contributed by atoms with Crippen molar-refractivity contribution in [1.82, 2.24) is 15.3 Å². The van der Waals surface area contributed by atoms with Gasteiger partial charge in [0.05, 0.1) is 23.4 Å². The molecule has 0 atom stereocenters. The van der Waals surface area contributed by atoms with Crippen LogP contribution in [-0.4, -0.2) is 28.2 Å². The topological polar surface area (TPSA) is 74.8 Å². The van der Waals surface area contributed by atoms with Crippen LogP contribution in [0.4, 0.5) is 0 Å². The summed E-state index contributed by atoms with van der Waals surface area (Å²) in [4.78, 5) is 34.2. The predicted octanol–water partition coefficient (Wildman–Crippen LogP) is 3.26. The summed E-state index contributed by atoms with van der Waals surface area (Å²) in [6.07, 6.45) is 4.35. The van der Waals surface area contributed by atoms with Gasteiger partial charge < -0.3 is 10.3 Å². The van der Waals surface area contributed by atoms with Gasteiger partial charge in [0.1, 0.15) is 10.7 Å². The van der Waals surface area contributed by atoms with Gasteiger partial charge in [0.15, 0.2) is 0 Å². The smallest absolute Gasteiger partial charge is 0.259 e. The van der Waals surface area contributed by atoms with Crippen LogP contribution in [0.2, 0.25) is 0 Å². The van der Waals surface area contributed by atoms with E-state index in [4.69, 9.17) is 0 Å². The van der Waals surface area contributed by atoms with Gasteiger partial charge in [0, 0.05) is 10.4 Å². The highest BCUT2D eigenvalue weighted by Gasteiger charge is 2.19. The quantitative estimate of drug-likeness (QED) is 0.618. The van der Waals surface area contributed by atoms with E-state index in [-0.39, 0.29) is 11.5 Å². The van der Waals surface area contributed by atoms with Crippen LogP contribution in [0.5, 0.6) is 0 Å². The molecule has 3 aromatic rings. The average molecular weight is 424 g/mol. The molecule has 0 saturated carbocycles. The second kappa shape index (κ2) is 9.29. The lowest BCUT2D eigenvalue weighted by molar-refractivity contribution is -0.118. The molecule has 1 aliphatic carbocycles. The zero-order chi connectivity index (χ0) is 20.1. The third-order valence-electron chi connectivity index (χ3n) is 4.73. The number of hydrogen-bond donors (Lipinski definition) is 2. The molecular weight excluding hydrogens is 402 g/mol. The van der Waals surface area contributed by atoms with Gasteiger partial charge in [-0.2, -0.15) is 0 Å². The lowest BCUT2D eigenvalue weighted by Gasteiger charge is -2.09. The monoisotopic (exact) mass is 423 g/mol. The Morgan fingerprint density at radius 2 is 2.07 bits per heavy atom. The summed E-state index contributed by atoms with van der Waals surface area (Å²) in [6.45, 7) is 0.316. The summed E-state index contributed by atoms with van der Waals surface area (Å²) in [7, 11) is 0. The van der Waals surface area contributed by atoms with E-state index in [9.17, 15) is 9.59 Å². The van der Waals surface area contributed by atoms with E-state index in [2.05, 4.69) is 27.1 Å². The standard InChI is InChI=1S/C22H21N3O2S2/c26-19(23-12-6-9-15-7-2-1-3-8-15)14-28-13-18-24-21(27)20-16-10-4-5-11-17(16)29-22(20)25-18/h1-3,7-8H,4-5,10-14H2,(H,23,26)(H,24,25,27). The second-order valence-electron chi connectivity index (χ2n) is 6.84. The van der Waals surface area contributed by atoms with E-state index in [1.807, 2.05) is 30.3 Å². The molecule has 5 nitrogen and oxygen atoms in total. The molecule has 4 rings (SSSR count). The first-order valence-corrected chi connectivity index (χ1v) is 11.6. The Hall–Kier alpha value is -2.56. The number of amides is 1. The molecule has 0 spiro atoms. The van der Waals surface area contributed by atoms with Crippen molar-refractivity contribution in [2.45, 2.75) is 31.4 Å². The first-order valence-electron chi connectivity index (χ1n) is 9.62. The summed E-state index contributed by atoms with van der Waals surface area (Å²) in [5.74, 6) is 7.30. The highest BCUT2D eigenvalue weighted by Crippen LogP contribution is 2.33. The normalized spacial score (nSPS) is 12.8. The number of aromatic amines is 1. The Morgan fingerprint density at radius 3 is 2.93 bits per heavy atom. The minimum atomic E-state index is -0.0765. The SMILES string of the molecule is O=C(CSCc1nc2sc3c(c2c(=O)[nH]1)CCCC3)NCC#Cc1ccccc1. The number of benzene rings is 1. The molecular formula is C22H21N3O2S2. The Morgan fingerprint density at radius 1 is 1.24 bits per heavy atom. The van der Waals surface area contributed by atoms with Crippen molar-refractivity contribution in [3.8, 4) is 11.8 Å². The number of rotatable bonds is 5. The third kappa shape index (κ3) is 4.89. The Labute approximate surface area is 177 Å². The molecule has 2 heterocycles. The second-order valence-corrected chi connectivity index (χ2v) is 8.91. The molecule has 0 saturated heterocycles. The number of thiophene rings is 1. The predicted molar refractivity (Wildman–Crippen MR) is 119 cm³/mol. The highest BCUT2D eigenvalue weighted by atomic mass is 32.2. The Kier molecular flexibility index (Phi) is 6.33. The number of hydrogen-bond acceptors (Lipinski definition) is 5. The van der Waals surface area contributed by atoms with Crippen LogP contribution >= 0.6 is 23.1 Å². The number of H-pyrrole nitrogens is 1. The van der Waals surface area contributed by atoms with E-state index in [0.717, 1.165) is 35.0 Å². The van der Waals surface area contributed by atoms with Gasteiger partial charge in [0.25, 0.3) is 5.56 Å². The molecule has 0 radical (unpaired) electrons. The van der Waals surface area contributed by atoms with E-state index >= 15 is 0 Å². The summed E-state index contributed by atoms with van der Waals surface area (Å²) < 4.78 is 0. The number of thioether (sulfide) groups is 1. The number of aromatic nitrogens is 2. The van der Waals surface area contributed by atoms with Crippen molar-refractivity contribution in [3.63, 3.8) is 0 Å². The van der Waals surface area contributed by atoms with E-state index in [0.29, 0.717) is 23.9 Å². The van der Waals surface area contributed by atoms with Gasteiger partial charge in [0.2, 0.25) is 5.91 Å². The van der Waals surface area contributed by atoms with Gasteiger partial charge >= 0.3 is 0 Å². The lowest BCUT2D eigenvalue weighted by Crippen LogP contribution is -2.25. The number of fused-ring (bicyclic) bond motifs is 3. The van der Waals surface area contributed by atoms with Crippen molar-refractivity contribution in [3.05, 3.63) is 62.5 Å². The molecule has 7 heteroatoms. The van der Waals surface area contributed by atoms with Crippen LogP contribution in [0.1, 0.15) is 34.7 Å². The molecule has 148 valence electrons. The molecule has 0 fully saturated rings.